The first-order chi connectivity index (χ1) is 17.8. The number of carbonyl (C=O) groups is 2. The second kappa shape index (κ2) is 10.2. The molecular weight excluding hydrogens is 464 g/mol. The van der Waals surface area contributed by atoms with E-state index in [1.165, 1.54) is 6.20 Å². The second-order valence-corrected chi connectivity index (χ2v) is 10.3. The topological polar surface area (TPSA) is 88.3 Å². The fourth-order valence-electron chi connectivity index (χ4n) is 5.19. The van der Waals surface area contributed by atoms with Crippen LogP contribution >= 0.6 is 0 Å². The van der Waals surface area contributed by atoms with Gasteiger partial charge in [-0.25, -0.2) is 9.48 Å². The molecule has 1 amide bonds. The van der Waals surface area contributed by atoms with Crippen LogP contribution < -0.4 is 4.90 Å². The van der Waals surface area contributed by atoms with E-state index in [-0.39, 0.29) is 29.2 Å². The number of hydrogen-bond donors (Lipinski definition) is 1. The highest BCUT2D eigenvalue weighted by molar-refractivity contribution is 6.01. The van der Waals surface area contributed by atoms with Crippen molar-refractivity contribution in [1.29, 1.82) is 0 Å². The van der Waals surface area contributed by atoms with Crippen molar-refractivity contribution < 1.29 is 14.7 Å². The zero-order valence-corrected chi connectivity index (χ0v) is 21.5. The lowest BCUT2D eigenvalue weighted by molar-refractivity contribution is -0.124. The number of aromatic nitrogens is 3. The van der Waals surface area contributed by atoms with Crippen LogP contribution in [0.1, 0.15) is 56.8 Å². The van der Waals surface area contributed by atoms with E-state index in [2.05, 4.69) is 23.1 Å². The summed E-state index contributed by atoms with van der Waals surface area (Å²) in [6.07, 6.45) is 6.98. The van der Waals surface area contributed by atoms with Gasteiger partial charge in [0.2, 0.25) is 5.91 Å². The lowest BCUT2D eigenvalue weighted by Crippen LogP contribution is -2.43. The summed E-state index contributed by atoms with van der Waals surface area (Å²) in [7, 11) is 0. The Bertz CT molecular complexity index is 1430. The number of carboxylic acids is 1. The third kappa shape index (κ3) is 4.99. The predicted molar refractivity (Wildman–Crippen MR) is 145 cm³/mol. The van der Waals surface area contributed by atoms with Gasteiger partial charge in [0, 0.05) is 29.7 Å². The summed E-state index contributed by atoms with van der Waals surface area (Å²) in [4.78, 5) is 31.7. The van der Waals surface area contributed by atoms with Crippen molar-refractivity contribution >= 4 is 28.6 Å². The van der Waals surface area contributed by atoms with E-state index in [0.717, 1.165) is 53.4 Å². The van der Waals surface area contributed by atoms with Gasteiger partial charge in [-0.15, -0.1) is 5.10 Å². The molecule has 0 saturated heterocycles. The quantitative estimate of drug-likeness (QED) is 0.336. The van der Waals surface area contributed by atoms with E-state index in [9.17, 15) is 14.7 Å². The molecule has 0 bridgehead atoms. The van der Waals surface area contributed by atoms with Gasteiger partial charge in [-0.3, -0.25) is 14.7 Å². The lowest BCUT2D eigenvalue weighted by Gasteiger charge is -2.32. The molecule has 1 fully saturated rings. The molecule has 0 atom stereocenters. The minimum atomic E-state index is -1.10. The Hall–Kier alpha value is -4.00. The maximum atomic E-state index is 13.5. The van der Waals surface area contributed by atoms with Crippen molar-refractivity contribution in [3.63, 3.8) is 0 Å². The number of amides is 1. The van der Waals surface area contributed by atoms with E-state index in [0.29, 0.717) is 5.92 Å². The minimum Gasteiger partial charge on any atom is -0.477 e. The molecule has 0 unspecified atom stereocenters. The lowest BCUT2D eigenvalue weighted by atomic mass is 9.82. The molecule has 0 radical (unpaired) electrons. The molecule has 1 N–H and O–H groups in total. The highest BCUT2D eigenvalue weighted by Gasteiger charge is 2.34. The van der Waals surface area contributed by atoms with Gasteiger partial charge in [0.05, 0.1) is 11.2 Å². The second-order valence-electron chi connectivity index (χ2n) is 10.3. The summed E-state index contributed by atoms with van der Waals surface area (Å²) in [6.45, 7) is 6.03. The van der Waals surface area contributed by atoms with Crippen LogP contribution in [0.5, 0.6) is 0 Å². The average molecular weight is 497 g/mol. The van der Waals surface area contributed by atoms with Crippen LogP contribution in [0.3, 0.4) is 0 Å². The van der Waals surface area contributed by atoms with Gasteiger partial charge in [0.15, 0.2) is 5.82 Å². The van der Waals surface area contributed by atoms with E-state index >= 15 is 0 Å². The number of anilines is 1. The Morgan fingerprint density at radius 2 is 1.70 bits per heavy atom. The largest absolute Gasteiger partial charge is 0.477 e. The zero-order valence-electron chi connectivity index (χ0n) is 21.5. The molecule has 37 heavy (non-hydrogen) atoms. The van der Waals surface area contributed by atoms with Crippen LogP contribution in [0, 0.1) is 11.8 Å². The Kier molecular flexibility index (Phi) is 6.78. The Balaban J connectivity index is 1.46. The number of pyridine rings is 1. The molecule has 7 heteroatoms. The van der Waals surface area contributed by atoms with Gasteiger partial charge in [-0.2, -0.15) is 0 Å². The van der Waals surface area contributed by atoms with E-state index < -0.39 is 5.97 Å². The van der Waals surface area contributed by atoms with Crippen molar-refractivity contribution in [1.82, 2.24) is 14.8 Å². The summed E-state index contributed by atoms with van der Waals surface area (Å²) in [5.41, 5.74) is 3.80. The highest BCUT2D eigenvalue weighted by atomic mass is 16.4. The van der Waals surface area contributed by atoms with Crippen LogP contribution in [-0.2, 0) is 4.79 Å². The number of carbonyl (C=O) groups excluding carboxylic acids is 1. The third-order valence-electron chi connectivity index (χ3n) is 7.34. The van der Waals surface area contributed by atoms with Crippen LogP contribution in [0.2, 0.25) is 0 Å². The maximum Gasteiger partial charge on any atom is 0.341 e. The number of benzene rings is 2. The molecule has 1 aliphatic rings. The minimum absolute atomic E-state index is 0.0253. The number of nitrogens with zero attached hydrogens (tertiary/aromatic N) is 4. The SMILES string of the molecule is CC(C)N(c1nn(-c2ccc(-c3ccc4ncccc4c3)cc2)cc1C(=O)O)C(=O)[C@H]1CC[C@H](C)CC1. The van der Waals surface area contributed by atoms with Crippen molar-refractivity contribution in [2.45, 2.75) is 52.5 Å². The van der Waals surface area contributed by atoms with Gasteiger partial charge in [0.25, 0.3) is 0 Å². The predicted octanol–water partition coefficient (Wildman–Crippen LogP) is 6.35. The van der Waals surface area contributed by atoms with Crippen LogP contribution in [0.4, 0.5) is 5.82 Å². The number of aromatic carboxylic acids is 1. The summed E-state index contributed by atoms with van der Waals surface area (Å²) in [5, 5.41) is 15.7. The number of fused-ring (bicyclic) bond motifs is 1. The zero-order chi connectivity index (χ0) is 26.1. The van der Waals surface area contributed by atoms with Crippen molar-refractivity contribution in [2.24, 2.45) is 11.8 Å². The van der Waals surface area contributed by atoms with Crippen molar-refractivity contribution in [3.8, 4) is 16.8 Å². The average Bonchev–Trinajstić information content (AvgIpc) is 3.34. The number of carboxylic acid groups (broad SMARTS) is 1. The molecule has 1 saturated carbocycles. The summed E-state index contributed by atoms with van der Waals surface area (Å²) >= 11 is 0. The smallest absolute Gasteiger partial charge is 0.341 e. The standard InChI is InChI=1S/C30H32N4O3/c1-19(2)34(29(35)22-8-6-20(3)7-9-22)28-26(30(36)37)18-33(32-28)25-13-10-21(11-14-25)23-12-15-27-24(17-23)5-4-16-31-27/h4-5,10-20,22H,6-9H2,1-3H3,(H,36,37)/t20-,22-. The number of rotatable bonds is 6. The maximum absolute atomic E-state index is 13.5. The normalized spacial score (nSPS) is 17.7. The molecule has 5 rings (SSSR count). The van der Waals surface area contributed by atoms with E-state index in [1.807, 2.05) is 62.4 Å². The molecule has 1 aliphatic carbocycles. The first-order valence-corrected chi connectivity index (χ1v) is 12.9. The van der Waals surface area contributed by atoms with Gasteiger partial charge < -0.3 is 5.11 Å². The molecule has 4 aromatic rings. The van der Waals surface area contributed by atoms with Gasteiger partial charge in [-0.05, 0) is 86.9 Å². The Morgan fingerprint density at radius 1 is 1.00 bits per heavy atom. The summed E-state index contributed by atoms with van der Waals surface area (Å²) in [5.74, 6) is -0.396. The monoisotopic (exact) mass is 496 g/mol. The molecule has 190 valence electrons. The summed E-state index contributed by atoms with van der Waals surface area (Å²) in [6, 6.07) is 17.7. The fraction of sp³-hybridized carbons (Fsp3) is 0.333. The van der Waals surface area contributed by atoms with Gasteiger partial charge in [-0.1, -0.05) is 31.2 Å². The number of hydrogen-bond acceptors (Lipinski definition) is 4. The Morgan fingerprint density at radius 3 is 2.38 bits per heavy atom. The molecule has 2 aromatic heterocycles. The van der Waals surface area contributed by atoms with Crippen LogP contribution in [-0.4, -0.2) is 37.8 Å². The first-order valence-electron chi connectivity index (χ1n) is 12.9. The van der Waals surface area contributed by atoms with Crippen molar-refractivity contribution in [2.75, 3.05) is 4.90 Å². The molecule has 0 aliphatic heterocycles. The van der Waals surface area contributed by atoms with Crippen LogP contribution in [0.15, 0.2) is 67.0 Å². The molecule has 2 heterocycles. The molecule has 2 aromatic carbocycles. The fourth-order valence-corrected chi connectivity index (χ4v) is 5.19. The first kappa shape index (κ1) is 24.7. The van der Waals surface area contributed by atoms with Gasteiger partial charge >= 0.3 is 5.97 Å². The molecular formula is C30H32N4O3. The highest BCUT2D eigenvalue weighted by Crippen LogP contribution is 2.33. The van der Waals surface area contributed by atoms with E-state index in [4.69, 9.17) is 0 Å². The van der Waals surface area contributed by atoms with Gasteiger partial charge in [0.1, 0.15) is 5.56 Å². The van der Waals surface area contributed by atoms with Crippen LogP contribution in [0.25, 0.3) is 27.7 Å². The molecule has 7 nitrogen and oxygen atoms in total. The van der Waals surface area contributed by atoms with Crippen molar-refractivity contribution in [3.05, 3.63) is 72.6 Å². The van der Waals surface area contributed by atoms with E-state index in [1.54, 1.807) is 15.8 Å². The summed E-state index contributed by atoms with van der Waals surface area (Å²) < 4.78 is 1.55. The molecule has 0 spiro atoms. The third-order valence-corrected chi connectivity index (χ3v) is 7.34. The Labute approximate surface area is 216 Å².